The Morgan fingerprint density at radius 1 is 1.28 bits per heavy atom. The summed E-state index contributed by atoms with van der Waals surface area (Å²) in [5, 5.41) is 11.8. The first-order valence-corrected chi connectivity index (χ1v) is 6.60. The summed E-state index contributed by atoms with van der Waals surface area (Å²) in [4.78, 5) is 24.9. The lowest BCUT2D eigenvalue weighted by Crippen LogP contribution is -2.56. The van der Waals surface area contributed by atoms with Crippen molar-refractivity contribution >= 4 is 12.0 Å². The highest BCUT2D eigenvalue weighted by Gasteiger charge is 2.35. The molecule has 0 spiro atoms. The molecule has 0 fully saturated rings. The zero-order valence-corrected chi connectivity index (χ0v) is 12.1. The molecule has 5 nitrogen and oxygen atoms in total. The van der Waals surface area contributed by atoms with Gasteiger partial charge in [0.25, 0.3) is 0 Å². The number of carboxylic acid groups (broad SMARTS) is 1. The molecule has 0 saturated carbocycles. The summed E-state index contributed by atoms with van der Waals surface area (Å²) in [5.41, 5.74) is -1.19. The van der Waals surface area contributed by atoms with Crippen LogP contribution in [0.3, 0.4) is 0 Å². The van der Waals surface area contributed by atoms with Gasteiger partial charge in [-0.05, 0) is 26.2 Å². The van der Waals surface area contributed by atoms with Gasteiger partial charge in [-0.25, -0.2) is 9.59 Å². The second-order valence-corrected chi connectivity index (χ2v) is 4.90. The van der Waals surface area contributed by atoms with Crippen LogP contribution in [0.2, 0.25) is 0 Å². The Balaban J connectivity index is 4.75. The molecule has 2 N–H and O–H groups in total. The molecule has 0 saturated heterocycles. The summed E-state index contributed by atoms with van der Waals surface area (Å²) in [5.74, 6) is -0.990. The van der Waals surface area contributed by atoms with E-state index in [1.165, 1.54) is 0 Å². The predicted molar refractivity (Wildman–Crippen MR) is 71.6 cm³/mol. The molecule has 1 unspecified atom stereocenters. The van der Waals surface area contributed by atoms with Gasteiger partial charge in [0, 0.05) is 13.1 Å². The fourth-order valence-corrected chi connectivity index (χ4v) is 2.05. The molecule has 1 atom stereocenters. The van der Waals surface area contributed by atoms with Crippen LogP contribution in [0.25, 0.3) is 0 Å². The number of amides is 2. The second kappa shape index (κ2) is 7.24. The van der Waals surface area contributed by atoms with Gasteiger partial charge in [-0.1, -0.05) is 27.2 Å². The van der Waals surface area contributed by atoms with Crippen molar-refractivity contribution in [3.8, 4) is 0 Å². The van der Waals surface area contributed by atoms with Crippen molar-refractivity contribution < 1.29 is 14.7 Å². The van der Waals surface area contributed by atoms with E-state index in [0.717, 1.165) is 12.8 Å². The number of carbonyl (C=O) groups excluding carboxylic acids is 1. The molecule has 0 aliphatic carbocycles. The van der Waals surface area contributed by atoms with Crippen molar-refractivity contribution in [1.29, 1.82) is 0 Å². The van der Waals surface area contributed by atoms with Crippen molar-refractivity contribution in [3.05, 3.63) is 0 Å². The number of aliphatic carboxylic acids is 1. The fourth-order valence-electron chi connectivity index (χ4n) is 2.05. The topological polar surface area (TPSA) is 69.6 Å². The normalized spacial score (nSPS) is 14.1. The van der Waals surface area contributed by atoms with Gasteiger partial charge >= 0.3 is 12.0 Å². The Morgan fingerprint density at radius 2 is 1.78 bits per heavy atom. The molecule has 0 radical (unpaired) electrons. The highest BCUT2D eigenvalue weighted by atomic mass is 16.4. The average Bonchev–Trinajstić information content (AvgIpc) is 2.30. The molecule has 0 heterocycles. The second-order valence-electron chi connectivity index (χ2n) is 4.90. The van der Waals surface area contributed by atoms with Crippen LogP contribution in [0.5, 0.6) is 0 Å². The van der Waals surface area contributed by atoms with Crippen molar-refractivity contribution in [2.45, 2.75) is 65.0 Å². The van der Waals surface area contributed by atoms with Crippen LogP contribution in [0.4, 0.5) is 4.79 Å². The number of hydrogen-bond donors (Lipinski definition) is 2. The van der Waals surface area contributed by atoms with Crippen LogP contribution in [-0.4, -0.2) is 40.6 Å². The maximum Gasteiger partial charge on any atom is 0.329 e. The van der Waals surface area contributed by atoms with Gasteiger partial charge in [-0.3, -0.25) is 0 Å². The fraction of sp³-hybridized carbons (Fsp3) is 0.846. The van der Waals surface area contributed by atoms with Crippen molar-refractivity contribution in [1.82, 2.24) is 10.2 Å². The molecule has 5 heteroatoms. The van der Waals surface area contributed by atoms with Crippen LogP contribution in [0.1, 0.15) is 53.4 Å². The third-order valence-corrected chi connectivity index (χ3v) is 3.42. The number of rotatable bonds is 7. The number of carbonyl (C=O) groups is 2. The lowest BCUT2D eigenvalue weighted by molar-refractivity contribution is -0.144. The summed E-state index contributed by atoms with van der Waals surface area (Å²) in [6.07, 6.45) is 2.85. The molecule has 0 aromatic rings. The summed E-state index contributed by atoms with van der Waals surface area (Å²) in [6, 6.07) is -0.174. The molecule has 0 aromatic heterocycles. The van der Waals surface area contributed by atoms with E-state index in [2.05, 4.69) is 5.32 Å². The highest BCUT2D eigenvalue weighted by Crippen LogP contribution is 2.14. The third-order valence-electron chi connectivity index (χ3n) is 3.42. The highest BCUT2D eigenvalue weighted by molar-refractivity contribution is 5.85. The quantitative estimate of drug-likeness (QED) is 0.737. The monoisotopic (exact) mass is 258 g/mol. The van der Waals surface area contributed by atoms with Crippen LogP contribution < -0.4 is 5.32 Å². The Kier molecular flexibility index (Phi) is 6.73. The predicted octanol–water partition coefficient (Wildman–Crippen LogP) is 2.46. The van der Waals surface area contributed by atoms with E-state index >= 15 is 0 Å². The maximum atomic E-state index is 12.0. The number of hydrogen-bond acceptors (Lipinski definition) is 2. The average molecular weight is 258 g/mol. The Hall–Kier alpha value is -1.26. The zero-order valence-electron chi connectivity index (χ0n) is 12.1. The summed E-state index contributed by atoms with van der Waals surface area (Å²) in [7, 11) is 1.71. The SMILES string of the molecule is CCCC(C)(NC(=O)N(C)C(CC)CC)C(=O)O. The van der Waals surface area contributed by atoms with Crippen LogP contribution >= 0.6 is 0 Å². The van der Waals surface area contributed by atoms with Crippen LogP contribution in [0.15, 0.2) is 0 Å². The van der Waals surface area contributed by atoms with Gasteiger partial charge in [0.15, 0.2) is 0 Å². The molecule has 0 aliphatic rings. The first-order chi connectivity index (χ1) is 8.32. The Bertz CT molecular complexity index is 290. The Morgan fingerprint density at radius 3 is 2.11 bits per heavy atom. The maximum absolute atomic E-state index is 12.0. The van der Waals surface area contributed by atoms with Crippen LogP contribution in [-0.2, 0) is 4.79 Å². The van der Waals surface area contributed by atoms with Crippen molar-refractivity contribution in [3.63, 3.8) is 0 Å². The van der Waals surface area contributed by atoms with Crippen molar-refractivity contribution in [2.24, 2.45) is 0 Å². The minimum atomic E-state index is -1.19. The van der Waals surface area contributed by atoms with Gasteiger partial charge < -0.3 is 15.3 Å². The Labute approximate surface area is 110 Å². The smallest absolute Gasteiger partial charge is 0.329 e. The van der Waals surface area contributed by atoms with Gasteiger partial charge in [-0.2, -0.15) is 0 Å². The summed E-state index contributed by atoms with van der Waals surface area (Å²) >= 11 is 0. The van der Waals surface area contributed by atoms with E-state index in [9.17, 15) is 14.7 Å². The number of carboxylic acids is 1. The lowest BCUT2D eigenvalue weighted by Gasteiger charge is -2.32. The molecule has 0 bridgehead atoms. The molecular weight excluding hydrogens is 232 g/mol. The van der Waals surface area contributed by atoms with Gasteiger partial charge in [0.2, 0.25) is 0 Å². The summed E-state index contributed by atoms with van der Waals surface area (Å²) in [6.45, 7) is 7.48. The molecule has 2 amide bonds. The van der Waals surface area contributed by atoms with E-state index < -0.39 is 11.5 Å². The molecule has 0 aliphatic heterocycles. The molecular formula is C13H26N2O3. The van der Waals surface area contributed by atoms with E-state index in [1.807, 2.05) is 20.8 Å². The number of nitrogens with zero attached hydrogens (tertiary/aromatic N) is 1. The minimum Gasteiger partial charge on any atom is -0.480 e. The lowest BCUT2D eigenvalue weighted by atomic mass is 9.96. The van der Waals surface area contributed by atoms with Gasteiger partial charge in [0.05, 0.1) is 0 Å². The number of urea groups is 1. The minimum absolute atomic E-state index is 0.143. The van der Waals surface area contributed by atoms with E-state index in [1.54, 1.807) is 18.9 Å². The molecule has 0 aromatic carbocycles. The van der Waals surface area contributed by atoms with Gasteiger partial charge in [0.1, 0.15) is 5.54 Å². The summed E-state index contributed by atoms with van der Waals surface area (Å²) < 4.78 is 0. The largest absolute Gasteiger partial charge is 0.480 e. The first-order valence-electron chi connectivity index (χ1n) is 6.60. The zero-order chi connectivity index (χ0) is 14.3. The standard InChI is InChI=1S/C13H26N2O3/c1-6-9-13(4,11(16)17)14-12(18)15(5)10(7-2)8-3/h10H,6-9H2,1-5H3,(H,14,18)(H,16,17). The van der Waals surface area contributed by atoms with E-state index in [-0.39, 0.29) is 12.1 Å². The first kappa shape index (κ1) is 16.7. The molecule has 18 heavy (non-hydrogen) atoms. The molecule has 106 valence electrons. The van der Waals surface area contributed by atoms with E-state index in [0.29, 0.717) is 12.8 Å². The van der Waals surface area contributed by atoms with Gasteiger partial charge in [-0.15, -0.1) is 0 Å². The van der Waals surface area contributed by atoms with E-state index in [4.69, 9.17) is 0 Å². The number of nitrogens with one attached hydrogen (secondary N) is 1. The van der Waals surface area contributed by atoms with Crippen molar-refractivity contribution in [2.75, 3.05) is 7.05 Å². The van der Waals surface area contributed by atoms with Crippen LogP contribution in [0, 0.1) is 0 Å². The molecule has 0 rings (SSSR count). The third kappa shape index (κ3) is 4.20.